The summed E-state index contributed by atoms with van der Waals surface area (Å²) in [7, 11) is 0. The van der Waals surface area contributed by atoms with E-state index >= 15 is 0 Å². The van der Waals surface area contributed by atoms with E-state index in [9.17, 15) is 9.18 Å². The Labute approximate surface area is 119 Å². The van der Waals surface area contributed by atoms with Crippen molar-refractivity contribution in [3.63, 3.8) is 0 Å². The number of halogens is 1. The predicted molar refractivity (Wildman–Crippen MR) is 75.2 cm³/mol. The molecule has 2 saturated heterocycles. The van der Waals surface area contributed by atoms with Crippen LogP contribution in [0.25, 0.3) is 0 Å². The van der Waals surface area contributed by atoms with E-state index in [2.05, 4.69) is 18.9 Å². The van der Waals surface area contributed by atoms with E-state index in [4.69, 9.17) is 0 Å². The minimum absolute atomic E-state index is 0.00289. The number of hydrogen-bond acceptors (Lipinski definition) is 2. The third-order valence-corrected chi connectivity index (χ3v) is 4.55. The maximum atomic E-state index is 13.4. The van der Waals surface area contributed by atoms with Gasteiger partial charge in [-0.3, -0.25) is 9.80 Å². The molecule has 1 amide bonds. The van der Waals surface area contributed by atoms with Gasteiger partial charge in [0, 0.05) is 13.1 Å². The molecule has 0 aromatic heterocycles. The number of amides is 1. The van der Waals surface area contributed by atoms with Gasteiger partial charge in [-0.15, -0.1) is 0 Å². The zero-order valence-electron chi connectivity index (χ0n) is 12.1. The van der Waals surface area contributed by atoms with Crippen LogP contribution in [0.15, 0.2) is 24.3 Å². The second-order valence-corrected chi connectivity index (χ2v) is 6.21. The quantitative estimate of drug-likeness (QED) is 0.846. The highest BCUT2D eigenvalue weighted by Crippen LogP contribution is 2.44. The molecule has 4 heteroatoms. The number of carbonyl (C=O) groups excluding carboxylic acids is 1. The van der Waals surface area contributed by atoms with E-state index in [0.717, 1.165) is 37.9 Å². The predicted octanol–water partition coefficient (Wildman–Crippen LogP) is 3.14. The molecule has 0 N–H and O–H groups in total. The van der Waals surface area contributed by atoms with Gasteiger partial charge in [0.25, 0.3) is 0 Å². The topological polar surface area (TPSA) is 23.6 Å². The Bertz CT molecular complexity index is 533. The van der Waals surface area contributed by atoms with Crippen molar-refractivity contribution >= 4 is 5.91 Å². The van der Waals surface area contributed by atoms with E-state index in [1.807, 2.05) is 11.1 Å². The molecule has 0 bridgehead atoms. The molecule has 0 aliphatic carbocycles. The molecule has 108 valence electrons. The van der Waals surface area contributed by atoms with Crippen molar-refractivity contribution in [3.05, 3.63) is 35.6 Å². The molecule has 2 aliphatic rings. The highest BCUT2D eigenvalue weighted by Gasteiger charge is 2.52. The van der Waals surface area contributed by atoms with E-state index in [1.165, 1.54) is 6.07 Å². The van der Waals surface area contributed by atoms with Crippen molar-refractivity contribution in [2.75, 3.05) is 13.1 Å². The van der Waals surface area contributed by atoms with Gasteiger partial charge >= 0.3 is 0 Å². The summed E-state index contributed by atoms with van der Waals surface area (Å²) in [4.78, 5) is 12.8. The van der Waals surface area contributed by atoms with Gasteiger partial charge < -0.3 is 0 Å². The van der Waals surface area contributed by atoms with Crippen molar-refractivity contribution in [1.29, 1.82) is 0 Å². The van der Waals surface area contributed by atoms with Crippen LogP contribution in [0.4, 0.5) is 4.39 Å². The first-order valence-corrected chi connectivity index (χ1v) is 7.39. The summed E-state index contributed by atoms with van der Waals surface area (Å²) >= 11 is 0. The summed E-state index contributed by atoms with van der Waals surface area (Å²) in [6.07, 6.45) is 2.81. The number of hydrazine groups is 1. The van der Waals surface area contributed by atoms with Crippen LogP contribution in [0, 0.1) is 11.2 Å². The van der Waals surface area contributed by atoms with Crippen LogP contribution in [0.3, 0.4) is 0 Å². The molecule has 0 spiro atoms. The lowest BCUT2D eigenvalue weighted by atomic mass is 9.85. The van der Waals surface area contributed by atoms with Gasteiger partial charge in [0.15, 0.2) is 0 Å². The normalized spacial score (nSPS) is 30.1. The Morgan fingerprint density at radius 1 is 1.45 bits per heavy atom. The molecule has 20 heavy (non-hydrogen) atoms. The lowest BCUT2D eigenvalue weighted by Crippen LogP contribution is -2.36. The van der Waals surface area contributed by atoms with Gasteiger partial charge in [-0.25, -0.2) is 9.40 Å². The van der Waals surface area contributed by atoms with Gasteiger partial charge in [-0.05, 0) is 37.5 Å². The van der Waals surface area contributed by atoms with Gasteiger partial charge in [0.1, 0.15) is 5.82 Å². The summed E-state index contributed by atoms with van der Waals surface area (Å²) in [5, 5.41) is 4.03. The standard InChI is InChI=1S/C16H21FN2O/c1-3-8-16(2)11-18-9-7-14(19(18)15(16)20)12-5-4-6-13(17)10-12/h4-6,10,14H,3,7-9,11H2,1-2H3. The fourth-order valence-electron chi connectivity index (χ4n) is 3.63. The second-order valence-electron chi connectivity index (χ2n) is 6.21. The fraction of sp³-hybridized carbons (Fsp3) is 0.562. The van der Waals surface area contributed by atoms with Crippen LogP contribution < -0.4 is 0 Å². The molecule has 2 unspecified atom stereocenters. The summed E-state index contributed by atoms with van der Waals surface area (Å²) in [5.74, 6) is -0.0324. The Morgan fingerprint density at radius 2 is 2.25 bits per heavy atom. The van der Waals surface area contributed by atoms with Crippen LogP contribution in [-0.4, -0.2) is 29.0 Å². The molecule has 3 rings (SSSR count). The van der Waals surface area contributed by atoms with Crippen molar-refractivity contribution in [2.45, 2.75) is 39.2 Å². The minimum Gasteiger partial charge on any atom is -0.273 e. The van der Waals surface area contributed by atoms with Gasteiger partial charge in [0.2, 0.25) is 5.91 Å². The summed E-state index contributed by atoms with van der Waals surface area (Å²) in [5.41, 5.74) is 0.627. The number of nitrogens with zero attached hydrogens (tertiary/aromatic N) is 2. The molecular weight excluding hydrogens is 255 g/mol. The smallest absolute Gasteiger partial charge is 0.244 e. The van der Waals surface area contributed by atoms with Crippen LogP contribution in [0.5, 0.6) is 0 Å². The highest BCUT2D eigenvalue weighted by atomic mass is 19.1. The molecule has 2 atom stereocenters. The first-order chi connectivity index (χ1) is 9.55. The third kappa shape index (κ3) is 2.03. The van der Waals surface area contributed by atoms with Crippen LogP contribution in [0.1, 0.15) is 44.7 Å². The second kappa shape index (κ2) is 4.85. The van der Waals surface area contributed by atoms with E-state index in [-0.39, 0.29) is 23.2 Å². The van der Waals surface area contributed by atoms with Crippen molar-refractivity contribution in [1.82, 2.24) is 10.0 Å². The number of benzene rings is 1. The minimum atomic E-state index is -0.277. The number of rotatable bonds is 3. The average Bonchev–Trinajstić information content (AvgIpc) is 2.90. The Morgan fingerprint density at radius 3 is 2.95 bits per heavy atom. The largest absolute Gasteiger partial charge is 0.273 e. The third-order valence-electron chi connectivity index (χ3n) is 4.55. The highest BCUT2D eigenvalue weighted by molar-refractivity contribution is 5.84. The molecule has 2 heterocycles. The molecule has 0 saturated carbocycles. The van der Waals surface area contributed by atoms with Gasteiger partial charge in [-0.2, -0.15) is 0 Å². The lowest BCUT2D eigenvalue weighted by molar-refractivity contribution is -0.142. The zero-order valence-corrected chi connectivity index (χ0v) is 12.1. The molecule has 3 nitrogen and oxygen atoms in total. The van der Waals surface area contributed by atoms with Crippen molar-refractivity contribution < 1.29 is 9.18 Å². The number of carbonyl (C=O) groups is 1. The Balaban J connectivity index is 1.89. The van der Waals surface area contributed by atoms with Crippen LogP contribution in [0.2, 0.25) is 0 Å². The van der Waals surface area contributed by atoms with Crippen LogP contribution in [-0.2, 0) is 4.79 Å². The monoisotopic (exact) mass is 276 g/mol. The number of fused-ring (bicyclic) bond motifs is 1. The summed E-state index contributed by atoms with van der Waals surface area (Å²) in [6.45, 7) is 5.85. The molecule has 0 radical (unpaired) electrons. The summed E-state index contributed by atoms with van der Waals surface area (Å²) in [6, 6.07) is 6.64. The van der Waals surface area contributed by atoms with Crippen molar-refractivity contribution in [3.8, 4) is 0 Å². The van der Waals surface area contributed by atoms with E-state index in [1.54, 1.807) is 12.1 Å². The molecule has 2 fully saturated rings. The Hall–Kier alpha value is -1.42. The van der Waals surface area contributed by atoms with Gasteiger partial charge in [0.05, 0.1) is 11.5 Å². The fourth-order valence-corrected chi connectivity index (χ4v) is 3.63. The number of hydrogen-bond donors (Lipinski definition) is 0. The summed E-state index contributed by atoms with van der Waals surface area (Å²) < 4.78 is 13.4. The first kappa shape index (κ1) is 13.6. The Kier molecular flexibility index (Phi) is 3.28. The molecule has 1 aromatic rings. The SMILES string of the molecule is CCCC1(C)CN2CCC(c3cccc(F)c3)N2C1=O. The maximum Gasteiger partial charge on any atom is 0.244 e. The lowest BCUT2D eigenvalue weighted by Gasteiger charge is -2.26. The van der Waals surface area contributed by atoms with Crippen LogP contribution >= 0.6 is 0 Å². The molecule has 1 aromatic carbocycles. The molecule has 2 aliphatic heterocycles. The van der Waals surface area contributed by atoms with Gasteiger partial charge in [-0.1, -0.05) is 25.5 Å². The van der Waals surface area contributed by atoms with E-state index in [0.29, 0.717) is 0 Å². The van der Waals surface area contributed by atoms with E-state index < -0.39 is 0 Å². The maximum absolute atomic E-state index is 13.4. The zero-order chi connectivity index (χ0) is 14.3. The average molecular weight is 276 g/mol. The first-order valence-electron chi connectivity index (χ1n) is 7.39. The molecular formula is C16H21FN2O. The van der Waals surface area contributed by atoms with Crippen molar-refractivity contribution in [2.24, 2.45) is 5.41 Å².